The first kappa shape index (κ1) is 15.3. The summed E-state index contributed by atoms with van der Waals surface area (Å²) < 4.78 is 5.34. The van der Waals surface area contributed by atoms with Crippen LogP contribution in [0.1, 0.15) is 17.9 Å². The molecule has 0 amide bonds. The smallest absolute Gasteiger partial charge is 0.188 e. The maximum atomic E-state index is 7.10. The molecule has 0 aliphatic heterocycles. The molecule has 1 aliphatic rings. The third-order valence-corrected chi connectivity index (χ3v) is 3.64. The lowest BCUT2D eigenvalue weighted by Gasteiger charge is -2.09. The minimum atomic E-state index is 0. The second-order valence-corrected chi connectivity index (χ2v) is 4.98. The Balaban J connectivity index is 0.00000161. The van der Waals surface area contributed by atoms with Gasteiger partial charge in [-0.15, -0.1) is 12.4 Å². The van der Waals surface area contributed by atoms with Crippen molar-refractivity contribution < 1.29 is 4.74 Å². The average molecular weight is 302 g/mol. The van der Waals surface area contributed by atoms with Gasteiger partial charge in [0.2, 0.25) is 0 Å². The Labute approximate surface area is 130 Å². The molecule has 0 unspecified atom stereocenters. The van der Waals surface area contributed by atoms with Crippen molar-refractivity contribution in [2.24, 2.45) is 5.73 Å². The van der Waals surface area contributed by atoms with Gasteiger partial charge in [0.05, 0.1) is 19.4 Å². The fraction of sp³-hybridized carbons (Fsp3) is 0.250. The maximum absolute atomic E-state index is 7.10. The summed E-state index contributed by atoms with van der Waals surface area (Å²) in [5.74, 6) is 1.17. The number of pyridine rings is 1. The van der Waals surface area contributed by atoms with Gasteiger partial charge in [0.1, 0.15) is 5.75 Å². The van der Waals surface area contributed by atoms with Crippen LogP contribution >= 0.6 is 12.4 Å². The molecule has 1 aromatic heterocycles. The molecule has 108 valence electrons. The van der Waals surface area contributed by atoms with Crippen LogP contribution in [0.3, 0.4) is 0 Å². The lowest BCUT2D eigenvalue weighted by Crippen LogP contribution is -2.01. The van der Waals surface area contributed by atoms with Crippen LogP contribution in [0.4, 0.5) is 5.69 Å². The predicted molar refractivity (Wildman–Crippen MR) is 85.1 cm³/mol. The molecule has 2 aromatic rings. The van der Waals surface area contributed by atoms with Crippen LogP contribution < -0.4 is 10.5 Å². The second kappa shape index (κ2) is 6.13. The first-order valence-corrected chi connectivity index (χ1v) is 6.50. The Morgan fingerprint density at radius 3 is 2.62 bits per heavy atom. The fourth-order valence-electron chi connectivity index (χ4n) is 2.35. The van der Waals surface area contributed by atoms with E-state index in [1.165, 1.54) is 5.56 Å². The van der Waals surface area contributed by atoms with Gasteiger partial charge in [-0.2, -0.15) is 0 Å². The summed E-state index contributed by atoms with van der Waals surface area (Å²) in [4.78, 5) is 7.94. The van der Waals surface area contributed by atoms with Crippen LogP contribution in [0.2, 0.25) is 0 Å². The molecule has 4 nitrogen and oxygen atoms in total. The number of hydrogen-bond donors (Lipinski definition) is 1. The molecule has 1 fully saturated rings. The standard InChI is InChI=1S/C16H15N3O.ClH/c1-18-11-4-6-16(20-2)13(7-11)15-5-3-10(9-19-15)12-8-14(12)17;/h3-7,9,12,14H,8,17H2,2H3;1H/t12-,14+;/m1./s1. The summed E-state index contributed by atoms with van der Waals surface area (Å²) in [7, 11) is 1.62. The second-order valence-electron chi connectivity index (χ2n) is 4.98. The summed E-state index contributed by atoms with van der Waals surface area (Å²) in [6.07, 6.45) is 2.91. The van der Waals surface area contributed by atoms with Gasteiger partial charge in [-0.05, 0) is 30.2 Å². The summed E-state index contributed by atoms with van der Waals surface area (Å²) in [5.41, 5.74) is 9.26. The fourth-order valence-corrected chi connectivity index (χ4v) is 2.35. The first-order valence-electron chi connectivity index (χ1n) is 6.50. The highest BCUT2D eigenvalue weighted by Gasteiger charge is 2.34. The van der Waals surface area contributed by atoms with E-state index in [1.54, 1.807) is 25.3 Å². The van der Waals surface area contributed by atoms with Crippen molar-refractivity contribution in [2.45, 2.75) is 18.4 Å². The molecular formula is C16H16ClN3O. The van der Waals surface area contributed by atoms with Crippen LogP contribution in [0, 0.1) is 6.57 Å². The zero-order valence-corrected chi connectivity index (χ0v) is 12.4. The normalized spacial score (nSPS) is 19.3. The van der Waals surface area contributed by atoms with E-state index < -0.39 is 0 Å². The minimum Gasteiger partial charge on any atom is -0.496 e. The van der Waals surface area contributed by atoms with Crippen LogP contribution in [-0.4, -0.2) is 18.1 Å². The lowest BCUT2D eigenvalue weighted by atomic mass is 10.1. The number of halogens is 1. The van der Waals surface area contributed by atoms with Crippen molar-refractivity contribution in [2.75, 3.05) is 7.11 Å². The van der Waals surface area contributed by atoms with Gasteiger partial charge in [-0.25, -0.2) is 4.85 Å². The van der Waals surface area contributed by atoms with E-state index in [0.29, 0.717) is 11.6 Å². The van der Waals surface area contributed by atoms with E-state index in [4.69, 9.17) is 17.0 Å². The number of benzene rings is 1. The molecular weight excluding hydrogens is 286 g/mol. The highest BCUT2D eigenvalue weighted by Crippen LogP contribution is 2.39. The molecule has 1 heterocycles. The monoisotopic (exact) mass is 301 g/mol. The number of rotatable bonds is 3. The number of aromatic nitrogens is 1. The molecule has 0 radical (unpaired) electrons. The molecule has 1 saturated carbocycles. The molecule has 1 aliphatic carbocycles. The van der Waals surface area contributed by atoms with Crippen LogP contribution in [0.25, 0.3) is 16.1 Å². The Kier molecular flexibility index (Phi) is 4.46. The van der Waals surface area contributed by atoms with Gasteiger partial charge in [-0.3, -0.25) is 4.98 Å². The summed E-state index contributed by atoms with van der Waals surface area (Å²) >= 11 is 0. The molecule has 0 spiro atoms. The predicted octanol–water partition coefficient (Wildman–Crippen LogP) is 3.54. The molecule has 1 aromatic carbocycles. The van der Waals surface area contributed by atoms with Gasteiger partial charge < -0.3 is 10.5 Å². The molecule has 2 atom stereocenters. The Morgan fingerprint density at radius 2 is 2.10 bits per heavy atom. The third-order valence-electron chi connectivity index (χ3n) is 3.64. The number of nitrogens with zero attached hydrogens (tertiary/aromatic N) is 2. The third kappa shape index (κ3) is 2.99. The lowest BCUT2D eigenvalue weighted by molar-refractivity contribution is 0.416. The van der Waals surface area contributed by atoms with Crippen LogP contribution in [0.5, 0.6) is 5.75 Å². The molecule has 0 bridgehead atoms. The zero-order valence-electron chi connectivity index (χ0n) is 11.6. The molecule has 3 rings (SSSR count). The molecule has 21 heavy (non-hydrogen) atoms. The summed E-state index contributed by atoms with van der Waals surface area (Å²) in [6.45, 7) is 7.10. The summed E-state index contributed by atoms with van der Waals surface area (Å²) in [5, 5.41) is 0. The molecule has 0 saturated heterocycles. The summed E-state index contributed by atoms with van der Waals surface area (Å²) in [6, 6.07) is 9.65. The van der Waals surface area contributed by atoms with Gasteiger partial charge in [0.25, 0.3) is 0 Å². The number of methoxy groups -OCH3 is 1. The first-order chi connectivity index (χ1) is 9.72. The number of hydrogen-bond acceptors (Lipinski definition) is 3. The van der Waals surface area contributed by atoms with E-state index in [-0.39, 0.29) is 18.4 Å². The minimum absolute atomic E-state index is 0. The Hall–Kier alpha value is -2.09. The van der Waals surface area contributed by atoms with E-state index >= 15 is 0 Å². The SMILES string of the molecule is Cl.[C-]#[N+]c1ccc(OC)c(-c2ccc([C@H]3C[C@@H]3N)cn2)c1. The Bertz CT molecular complexity index is 679. The van der Waals surface area contributed by atoms with Crippen molar-refractivity contribution in [3.8, 4) is 17.0 Å². The average Bonchev–Trinajstić information content (AvgIpc) is 3.23. The van der Waals surface area contributed by atoms with E-state index in [0.717, 1.165) is 23.4 Å². The van der Waals surface area contributed by atoms with Crippen molar-refractivity contribution in [1.82, 2.24) is 4.98 Å². The maximum Gasteiger partial charge on any atom is 0.188 e. The zero-order chi connectivity index (χ0) is 14.1. The van der Waals surface area contributed by atoms with E-state index in [1.807, 2.05) is 12.3 Å². The van der Waals surface area contributed by atoms with Crippen LogP contribution in [-0.2, 0) is 0 Å². The van der Waals surface area contributed by atoms with Crippen molar-refractivity contribution in [3.63, 3.8) is 0 Å². The van der Waals surface area contributed by atoms with Gasteiger partial charge >= 0.3 is 0 Å². The van der Waals surface area contributed by atoms with Crippen molar-refractivity contribution in [3.05, 3.63) is 53.5 Å². The van der Waals surface area contributed by atoms with E-state index in [9.17, 15) is 0 Å². The van der Waals surface area contributed by atoms with Crippen molar-refractivity contribution in [1.29, 1.82) is 0 Å². The Morgan fingerprint density at radius 1 is 1.33 bits per heavy atom. The largest absolute Gasteiger partial charge is 0.496 e. The molecule has 2 N–H and O–H groups in total. The number of nitrogens with two attached hydrogens (primary N) is 1. The highest BCUT2D eigenvalue weighted by atomic mass is 35.5. The molecule has 5 heteroatoms. The van der Waals surface area contributed by atoms with E-state index in [2.05, 4.69) is 15.9 Å². The quantitative estimate of drug-likeness (QED) is 0.882. The van der Waals surface area contributed by atoms with Gasteiger partial charge in [0, 0.05) is 23.7 Å². The van der Waals surface area contributed by atoms with Gasteiger partial charge in [0.15, 0.2) is 5.69 Å². The van der Waals surface area contributed by atoms with Crippen molar-refractivity contribution >= 4 is 18.1 Å². The van der Waals surface area contributed by atoms with Gasteiger partial charge in [-0.1, -0.05) is 12.1 Å². The van der Waals surface area contributed by atoms with Crippen LogP contribution in [0.15, 0.2) is 36.5 Å². The highest BCUT2D eigenvalue weighted by molar-refractivity contribution is 5.85. The number of ether oxygens (including phenoxy) is 1. The topological polar surface area (TPSA) is 52.5 Å².